The molecular formula is C25H27N2O2S+. The Kier molecular flexibility index (Phi) is 6.98. The SMILES string of the molecule is CCc1ccc(C(O)=C(C(=S)Nc2cccc(C)c2C)[n+]2cccc(CO)c2)cc1. The molecule has 3 rings (SSSR count). The van der Waals surface area contributed by atoms with E-state index in [1.165, 1.54) is 5.56 Å². The highest BCUT2D eigenvalue weighted by Crippen LogP contribution is 2.23. The van der Waals surface area contributed by atoms with Gasteiger partial charge in [-0.3, -0.25) is 0 Å². The number of aromatic nitrogens is 1. The van der Waals surface area contributed by atoms with Crippen molar-refractivity contribution < 1.29 is 14.8 Å². The van der Waals surface area contributed by atoms with E-state index in [1.807, 2.05) is 74.6 Å². The van der Waals surface area contributed by atoms with Crippen LogP contribution in [0.4, 0.5) is 5.69 Å². The lowest BCUT2D eigenvalue weighted by atomic mass is 10.1. The topological polar surface area (TPSA) is 56.4 Å². The molecule has 0 saturated heterocycles. The summed E-state index contributed by atoms with van der Waals surface area (Å²) in [4.78, 5) is 0.390. The van der Waals surface area contributed by atoms with Crippen molar-refractivity contribution in [2.24, 2.45) is 0 Å². The van der Waals surface area contributed by atoms with E-state index in [9.17, 15) is 10.2 Å². The highest BCUT2D eigenvalue weighted by molar-refractivity contribution is 7.81. The summed E-state index contributed by atoms with van der Waals surface area (Å²) in [6.07, 6.45) is 4.50. The van der Waals surface area contributed by atoms with Gasteiger partial charge in [0.25, 0.3) is 5.70 Å². The van der Waals surface area contributed by atoms with E-state index in [0.717, 1.165) is 28.8 Å². The number of pyridine rings is 1. The molecule has 0 unspecified atom stereocenters. The standard InChI is InChI=1S/C25H26N2O2S/c1-4-19-10-12-21(13-11-19)24(29)23(27-14-6-8-20(15-27)16-28)25(30)26-22-9-5-7-17(2)18(22)3/h5-15,28H,4,16H2,1-3H3,(H-,26,29,30)/p+1. The van der Waals surface area contributed by atoms with Crippen molar-refractivity contribution in [1.29, 1.82) is 0 Å². The normalized spacial score (nSPS) is 11.7. The first-order valence-corrected chi connectivity index (χ1v) is 10.4. The Morgan fingerprint density at radius 1 is 1.00 bits per heavy atom. The molecule has 0 aliphatic carbocycles. The van der Waals surface area contributed by atoms with Gasteiger partial charge < -0.3 is 15.5 Å². The van der Waals surface area contributed by atoms with Crippen LogP contribution in [0.15, 0.2) is 67.0 Å². The van der Waals surface area contributed by atoms with Gasteiger partial charge in [0.1, 0.15) is 0 Å². The van der Waals surface area contributed by atoms with E-state index >= 15 is 0 Å². The van der Waals surface area contributed by atoms with Gasteiger partial charge in [0.2, 0.25) is 0 Å². The number of aryl methyl sites for hydroxylation is 2. The van der Waals surface area contributed by atoms with Crippen molar-refractivity contribution in [3.8, 4) is 0 Å². The molecule has 30 heavy (non-hydrogen) atoms. The molecule has 5 heteroatoms. The first-order chi connectivity index (χ1) is 14.4. The van der Waals surface area contributed by atoms with E-state index in [0.29, 0.717) is 16.2 Å². The van der Waals surface area contributed by atoms with Gasteiger partial charge in [-0.2, -0.15) is 4.57 Å². The summed E-state index contributed by atoms with van der Waals surface area (Å²) in [5, 5.41) is 24.1. The monoisotopic (exact) mass is 419 g/mol. The summed E-state index contributed by atoms with van der Waals surface area (Å²) < 4.78 is 1.75. The minimum atomic E-state index is -0.0999. The van der Waals surface area contributed by atoms with E-state index < -0.39 is 0 Å². The third-order valence-electron chi connectivity index (χ3n) is 5.23. The van der Waals surface area contributed by atoms with E-state index in [4.69, 9.17) is 12.2 Å². The average Bonchev–Trinajstić information content (AvgIpc) is 2.77. The molecule has 0 saturated carbocycles. The highest BCUT2D eigenvalue weighted by Gasteiger charge is 2.24. The largest absolute Gasteiger partial charge is 0.502 e. The smallest absolute Gasteiger partial charge is 0.288 e. The van der Waals surface area contributed by atoms with Crippen LogP contribution < -0.4 is 9.88 Å². The second-order valence-electron chi connectivity index (χ2n) is 7.23. The minimum absolute atomic E-state index is 0.0700. The first-order valence-electron chi connectivity index (χ1n) is 9.96. The number of hydrogen-bond acceptors (Lipinski definition) is 3. The van der Waals surface area contributed by atoms with Gasteiger partial charge in [0.15, 0.2) is 23.1 Å². The Labute approximate surface area is 183 Å². The maximum atomic E-state index is 11.2. The Hall–Kier alpha value is -3.02. The molecule has 4 nitrogen and oxygen atoms in total. The molecule has 0 aliphatic heterocycles. The second kappa shape index (κ2) is 9.65. The lowest BCUT2D eigenvalue weighted by molar-refractivity contribution is -0.576. The number of benzene rings is 2. The second-order valence-corrected chi connectivity index (χ2v) is 7.64. The number of aliphatic hydroxyl groups is 2. The van der Waals surface area contributed by atoms with Gasteiger partial charge >= 0.3 is 0 Å². The number of nitrogens with zero attached hydrogens (tertiary/aromatic N) is 1. The number of hydrogen-bond donors (Lipinski definition) is 3. The number of thiocarbonyl (C=S) groups is 1. The van der Waals surface area contributed by atoms with Crippen molar-refractivity contribution in [3.05, 3.63) is 94.8 Å². The predicted molar refractivity (Wildman–Crippen MR) is 126 cm³/mol. The maximum absolute atomic E-state index is 11.2. The summed E-state index contributed by atoms with van der Waals surface area (Å²) in [5.41, 5.74) is 6.19. The molecule has 0 aliphatic rings. The van der Waals surface area contributed by atoms with Crippen LogP contribution in [-0.2, 0) is 13.0 Å². The molecule has 0 amide bonds. The lowest BCUT2D eigenvalue weighted by Crippen LogP contribution is -2.39. The summed E-state index contributed by atoms with van der Waals surface area (Å²) in [6.45, 7) is 6.08. The summed E-state index contributed by atoms with van der Waals surface area (Å²) in [7, 11) is 0. The molecule has 2 aromatic carbocycles. The van der Waals surface area contributed by atoms with Crippen molar-refractivity contribution in [2.75, 3.05) is 5.32 Å². The summed E-state index contributed by atoms with van der Waals surface area (Å²) >= 11 is 5.73. The van der Waals surface area contributed by atoms with Crippen molar-refractivity contribution in [1.82, 2.24) is 0 Å². The van der Waals surface area contributed by atoms with Gasteiger partial charge in [-0.05, 0) is 49.1 Å². The Bertz CT molecular complexity index is 1090. The number of aliphatic hydroxyl groups excluding tert-OH is 2. The van der Waals surface area contributed by atoms with Gasteiger partial charge in [-0.25, -0.2) is 0 Å². The molecule has 0 spiro atoms. The van der Waals surface area contributed by atoms with E-state index in [1.54, 1.807) is 10.8 Å². The number of nitrogens with one attached hydrogen (secondary N) is 1. The van der Waals surface area contributed by atoms with Crippen LogP contribution in [-0.4, -0.2) is 15.2 Å². The third-order valence-corrected chi connectivity index (χ3v) is 5.53. The summed E-state index contributed by atoms with van der Waals surface area (Å²) in [5.74, 6) is 0.0700. The van der Waals surface area contributed by atoms with Crippen molar-refractivity contribution >= 4 is 34.3 Å². The fraction of sp³-hybridized carbons (Fsp3) is 0.200. The zero-order valence-electron chi connectivity index (χ0n) is 17.5. The summed E-state index contributed by atoms with van der Waals surface area (Å²) in [6, 6.07) is 17.4. The van der Waals surface area contributed by atoms with Gasteiger partial charge in [0, 0.05) is 22.9 Å². The van der Waals surface area contributed by atoms with Crippen LogP contribution in [0.3, 0.4) is 0 Å². The zero-order chi connectivity index (χ0) is 21.7. The predicted octanol–water partition coefficient (Wildman–Crippen LogP) is 4.97. The minimum Gasteiger partial charge on any atom is -0.502 e. The third kappa shape index (κ3) is 4.75. The molecule has 0 atom stereocenters. The lowest BCUT2D eigenvalue weighted by Gasteiger charge is -2.13. The zero-order valence-corrected chi connectivity index (χ0v) is 18.3. The van der Waals surface area contributed by atoms with Crippen LogP contribution >= 0.6 is 12.2 Å². The number of rotatable bonds is 6. The molecule has 3 aromatic rings. The first kappa shape index (κ1) is 21.7. The molecule has 1 heterocycles. The quantitative estimate of drug-likeness (QED) is 0.229. The van der Waals surface area contributed by atoms with E-state index in [2.05, 4.69) is 12.2 Å². The Morgan fingerprint density at radius 2 is 1.73 bits per heavy atom. The highest BCUT2D eigenvalue weighted by atomic mass is 32.1. The van der Waals surface area contributed by atoms with Gasteiger partial charge in [0.05, 0.1) is 6.61 Å². The molecular weight excluding hydrogens is 392 g/mol. The van der Waals surface area contributed by atoms with Crippen LogP contribution in [0.2, 0.25) is 0 Å². The Morgan fingerprint density at radius 3 is 2.40 bits per heavy atom. The molecule has 0 fully saturated rings. The van der Waals surface area contributed by atoms with Crippen LogP contribution in [0, 0.1) is 13.8 Å². The molecule has 1 aromatic heterocycles. The Balaban J connectivity index is 2.10. The average molecular weight is 420 g/mol. The molecule has 0 radical (unpaired) electrons. The fourth-order valence-corrected chi connectivity index (χ4v) is 3.52. The molecule has 0 bridgehead atoms. The van der Waals surface area contributed by atoms with Crippen LogP contribution in [0.5, 0.6) is 0 Å². The van der Waals surface area contributed by atoms with E-state index in [-0.39, 0.29) is 12.4 Å². The van der Waals surface area contributed by atoms with Crippen molar-refractivity contribution in [2.45, 2.75) is 33.8 Å². The van der Waals surface area contributed by atoms with Crippen LogP contribution in [0.1, 0.15) is 34.7 Å². The van der Waals surface area contributed by atoms with Gasteiger partial charge in [-0.1, -0.05) is 55.5 Å². The molecule has 3 N–H and O–H groups in total. The molecule has 154 valence electrons. The fourth-order valence-electron chi connectivity index (χ4n) is 3.21. The number of anilines is 1. The van der Waals surface area contributed by atoms with Crippen LogP contribution in [0.25, 0.3) is 11.5 Å². The maximum Gasteiger partial charge on any atom is 0.288 e. The van der Waals surface area contributed by atoms with Crippen molar-refractivity contribution in [3.63, 3.8) is 0 Å². The van der Waals surface area contributed by atoms with Gasteiger partial charge in [-0.15, -0.1) is 0 Å².